The summed E-state index contributed by atoms with van der Waals surface area (Å²) in [6.45, 7) is 1.63. The molecule has 2 aromatic heterocycles. The number of hydrogen-bond acceptors (Lipinski definition) is 6. The Bertz CT molecular complexity index is 669. The van der Waals surface area contributed by atoms with Gasteiger partial charge in [0.2, 0.25) is 0 Å². The van der Waals surface area contributed by atoms with E-state index in [1.54, 1.807) is 13.0 Å². The van der Waals surface area contributed by atoms with Crippen molar-refractivity contribution in [2.75, 3.05) is 5.32 Å². The van der Waals surface area contributed by atoms with Crippen LogP contribution < -0.4 is 5.32 Å². The van der Waals surface area contributed by atoms with Crippen molar-refractivity contribution in [1.29, 1.82) is 0 Å². The lowest BCUT2D eigenvalue weighted by molar-refractivity contribution is -0.384. The Kier molecular flexibility index (Phi) is 3.78. The van der Waals surface area contributed by atoms with Crippen molar-refractivity contribution in [3.8, 4) is 0 Å². The standard InChI is InChI=1S/C11H9F3N4O3/c1-6-2-7(17-21-6)4-15-8-3-10(11(12,13)14)16-5-9(8)18(19)20/h2-3,5H,4H2,1H3,(H,15,16). The van der Waals surface area contributed by atoms with Gasteiger partial charge in [-0.2, -0.15) is 13.2 Å². The summed E-state index contributed by atoms with van der Waals surface area (Å²) < 4.78 is 42.5. The van der Waals surface area contributed by atoms with Gasteiger partial charge in [-0.1, -0.05) is 5.16 Å². The van der Waals surface area contributed by atoms with E-state index >= 15 is 0 Å². The molecule has 0 aliphatic rings. The van der Waals surface area contributed by atoms with Gasteiger partial charge in [0.15, 0.2) is 0 Å². The van der Waals surface area contributed by atoms with Crippen LogP contribution in [0.4, 0.5) is 24.5 Å². The van der Waals surface area contributed by atoms with Gasteiger partial charge < -0.3 is 9.84 Å². The van der Waals surface area contributed by atoms with Gasteiger partial charge in [-0.25, -0.2) is 4.98 Å². The first-order valence-corrected chi connectivity index (χ1v) is 5.65. The first kappa shape index (κ1) is 14.8. The van der Waals surface area contributed by atoms with E-state index in [0.29, 0.717) is 23.7 Å². The monoisotopic (exact) mass is 302 g/mol. The van der Waals surface area contributed by atoms with Crippen LogP contribution in [-0.4, -0.2) is 15.1 Å². The van der Waals surface area contributed by atoms with Crippen LogP contribution >= 0.6 is 0 Å². The highest BCUT2D eigenvalue weighted by Crippen LogP contribution is 2.33. The average Bonchev–Trinajstić information content (AvgIpc) is 2.80. The van der Waals surface area contributed by atoms with Gasteiger partial charge in [-0.05, 0) is 13.0 Å². The van der Waals surface area contributed by atoms with Gasteiger partial charge in [0.1, 0.15) is 29.0 Å². The topological polar surface area (TPSA) is 94.1 Å². The number of aromatic nitrogens is 2. The fraction of sp³-hybridized carbons (Fsp3) is 0.273. The zero-order valence-electron chi connectivity index (χ0n) is 10.6. The van der Waals surface area contributed by atoms with Crippen molar-refractivity contribution in [3.05, 3.63) is 45.6 Å². The van der Waals surface area contributed by atoms with Gasteiger partial charge in [-0.3, -0.25) is 10.1 Å². The number of nitrogens with zero attached hydrogens (tertiary/aromatic N) is 3. The van der Waals surface area contributed by atoms with Crippen molar-refractivity contribution in [2.24, 2.45) is 0 Å². The second-order valence-corrected chi connectivity index (χ2v) is 4.12. The van der Waals surface area contributed by atoms with Gasteiger partial charge in [0.05, 0.1) is 11.5 Å². The van der Waals surface area contributed by atoms with Crippen LogP contribution in [0.1, 0.15) is 17.1 Å². The molecule has 0 aliphatic carbocycles. The number of halogens is 3. The minimum atomic E-state index is -4.68. The Balaban J connectivity index is 2.28. The Morgan fingerprint density at radius 3 is 2.67 bits per heavy atom. The zero-order valence-corrected chi connectivity index (χ0v) is 10.6. The summed E-state index contributed by atoms with van der Waals surface area (Å²) >= 11 is 0. The largest absolute Gasteiger partial charge is 0.433 e. The van der Waals surface area contributed by atoms with Crippen LogP contribution in [0.5, 0.6) is 0 Å². The molecule has 0 aliphatic heterocycles. The molecule has 21 heavy (non-hydrogen) atoms. The molecule has 1 N–H and O–H groups in total. The normalized spacial score (nSPS) is 11.4. The summed E-state index contributed by atoms with van der Waals surface area (Å²) in [6.07, 6.45) is -4.12. The maximum Gasteiger partial charge on any atom is 0.433 e. The molecule has 0 unspecified atom stereocenters. The second kappa shape index (κ2) is 5.38. The molecule has 0 atom stereocenters. The Labute approximate surface area is 115 Å². The molecule has 0 saturated carbocycles. The predicted octanol–water partition coefficient (Wildman–Crippen LogP) is 2.92. The summed E-state index contributed by atoms with van der Waals surface area (Å²) in [5, 5.41) is 17.0. The molecule has 112 valence electrons. The van der Waals surface area contributed by atoms with E-state index in [0.717, 1.165) is 0 Å². The fourth-order valence-electron chi connectivity index (χ4n) is 1.58. The number of nitro groups is 1. The minimum absolute atomic E-state index is 0.0144. The number of anilines is 1. The summed E-state index contributed by atoms with van der Waals surface area (Å²) in [7, 11) is 0. The molecule has 0 bridgehead atoms. The molecular weight excluding hydrogens is 293 g/mol. The number of hydrogen-bond donors (Lipinski definition) is 1. The van der Waals surface area contributed by atoms with Crippen LogP contribution in [-0.2, 0) is 12.7 Å². The van der Waals surface area contributed by atoms with Crippen molar-refractivity contribution >= 4 is 11.4 Å². The molecule has 0 spiro atoms. The molecular formula is C11H9F3N4O3. The van der Waals surface area contributed by atoms with E-state index in [9.17, 15) is 23.3 Å². The van der Waals surface area contributed by atoms with Crippen molar-refractivity contribution in [2.45, 2.75) is 19.6 Å². The number of pyridine rings is 1. The highest BCUT2D eigenvalue weighted by Gasteiger charge is 2.34. The minimum Gasteiger partial charge on any atom is -0.374 e. The van der Waals surface area contributed by atoms with Crippen LogP contribution in [0, 0.1) is 17.0 Å². The van der Waals surface area contributed by atoms with E-state index in [1.807, 2.05) is 0 Å². The molecule has 2 aromatic rings. The first-order chi connectivity index (χ1) is 9.77. The van der Waals surface area contributed by atoms with Gasteiger partial charge in [-0.15, -0.1) is 0 Å². The second-order valence-electron chi connectivity index (χ2n) is 4.12. The molecule has 7 nitrogen and oxygen atoms in total. The molecule has 2 heterocycles. The molecule has 0 saturated heterocycles. The smallest absolute Gasteiger partial charge is 0.374 e. The summed E-state index contributed by atoms with van der Waals surface area (Å²) in [5.41, 5.74) is -1.65. The number of aryl methyl sites for hydroxylation is 1. The third kappa shape index (κ3) is 3.46. The van der Waals surface area contributed by atoms with Gasteiger partial charge >= 0.3 is 11.9 Å². The third-order valence-electron chi connectivity index (χ3n) is 2.51. The van der Waals surface area contributed by atoms with Gasteiger partial charge in [0.25, 0.3) is 0 Å². The third-order valence-corrected chi connectivity index (χ3v) is 2.51. The number of rotatable bonds is 4. The molecule has 2 rings (SSSR count). The van der Waals surface area contributed by atoms with Crippen molar-refractivity contribution in [3.63, 3.8) is 0 Å². The predicted molar refractivity (Wildman–Crippen MR) is 64.5 cm³/mol. The molecule has 0 radical (unpaired) electrons. The fourth-order valence-corrected chi connectivity index (χ4v) is 1.58. The van der Waals surface area contributed by atoms with Crippen LogP contribution in [0.2, 0.25) is 0 Å². The lowest BCUT2D eigenvalue weighted by Crippen LogP contribution is -2.11. The highest BCUT2D eigenvalue weighted by molar-refractivity contribution is 5.61. The van der Waals surface area contributed by atoms with E-state index in [-0.39, 0.29) is 12.2 Å². The molecule has 0 aromatic carbocycles. The van der Waals surface area contributed by atoms with Gasteiger partial charge in [0, 0.05) is 6.07 Å². The lowest BCUT2D eigenvalue weighted by Gasteiger charge is -2.09. The maximum atomic E-state index is 12.6. The lowest BCUT2D eigenvalue weighted by atomic mass is 10.2. The van der Waals surface area contributed by atoms with E-state index in [4.69, 9.17) is 4.52 Å². The van der Waals surface area contributed by atoms with Crippen LogP contribution in [0.3, 0.4) is 0 Å². The van der Waals surface area contributed by atoms with Crippen molar-refractivity contribution in [1.82, 2.24) is 10.1 Å². The summed E-state index contributed by atoms with van der Waals surface area (Å²) in [5.74, 6) is 0.520. The molecule has 10 heteroatoms. The van der Waals surface area contributed by atoms with E-state index in [2.05, 4.69) is 15.5 Å². The Hall–Kier alpha value is -2.65. The van der Waals surface area contributed by atoms with E-state index < -0.39 is 22.5 Å². The maximum absolute atomic E-state index is 12.6. The molecule has 0 amide bonds. The van der Waals surface area contributed by atoms with Crippen LogP contribution in [0.25, 0.3) is 0 Å². The number of alkyl halides is 3. The quantitative estimate of drug-likeness (QED) is 0.689. The molecule has 0 fully saturated rings. The Morgan fingerprint density at radius 1 is 1.43 bits per heavy atom. The SMILES string of the molecule is Cc1cc(CNc2cc(C(F)(F)F)ncc2[N+](=O)[O-])no1. The van der Waals surface area contributed by atoms with Crippen LogP contribution in [0.15, 0.2) is 22.9 Å². The first-order valence-electron chi connectivity index (χ1n) is 5.65. The average molecular weight is 302 g/mol. The van der Waals surface area contributed by atoms with Crippen molar-refractivity contribution < 1.29 is 22.6 Å². The Morgan fingerprint density at radius 2 is 2.14 bits per heavy atom. The summed E-state index contributed by atoms with van der Waals surface area (Å²) in [6, 6.07) is 2.15. The highest BCUT2D eigenvalue weighted by atomic mass is 19.4. The van der Waals surface area contributed by atoms with E-state index in [1.165, 1.54) is 0 Å². The number of nitrogens with one attached hydrogen (secondary N) is 1. The summed E-state index contributed by atoms with van der Waals surface area (Å²) in [4.78, 5) is 13.0. The zero-order chi connectivity index (χ0) is 15.6.